The van der Waals surface area contributed by atoms with E-state index in [1.165, 1.54) is 17.7 Å². The molecule has 0 aliphatic rings. The molecular formula is C8H6ClN3O2. The predicted molar refractivity (Wildman–Crippen MR) is 49.3 cm³/mol. The highest BCUT2D eigenvalue weighted by Crippen LogP contribution is 2.11. The van der Waals surface area contributed by atoms with Gasteiger partial charge in [0.2, 0.25) is 0 Å². The number of esters is 1. The molecule has 0 aromatic carbocycles. The third-order valence-corrected chi connectivity index (χ3v) is 1.99. The van der Waals surface area contributed by atoms with Gasteiger partial charge in [0.15, 0.2) is 11.3 Å². The molecule has 0 saturated heterocycles. The molecule has 14 heavy (non-hydrogen) atoms. The van der Waals surface area contributed by atoms with Crippen LogP contribution in [0.25, 0.3) is 5.65 Å². The van der Waals surface area contributed by atoms with Crippen molar-refractivity contribution in [1.29, 1.82) is 0 Å². The van der Waals surface area contributed by atoms with E-state index < -0.39 is 5.97 Å². The van der Waals surface area contributed by atoms with E-state index in [4.69, 9.17) is 11.6 Å². The standard InChI is InChI=1S/C8H6ClN3O2/c1-14-8(13)5-4-7-10-3-2-6(9)12(7)11-5/h2-4H,1H3. The van der Waals surface area contributed by atoms with Crippen LogP contribution in [-0.4, -0.2) is 27.7 Å². The summed E-state index contributed by atoms with van der Waals surface area (Å²) in [5, 5.41) is 4.32. The second-order valence-electron chi connectivity index (χ2n) is 2.56. The van der Waals surface area contributed by atoms with Crippen LogP contribution in [0.4, 0.5) is 0 Å². The number of hydrogen-bond acceptors (Lipinski definition) is 4. The number of carbonyl (C=O) groups is 1. The van der Waals surface area contributed by atoms with E-state index in [-0.39, 0.29) is 5.69 Å². The van der Waals surface area contributed by atoms with Gasteiger partial charge in [-0.15, -0.1) is 0 Å². The zero-order valence-corrected chi connectivity index (χ0v) is 8.02. The molecule has 6 heteroatoms. The van der Waals surface area contributed by atoms with Gasteiger partial charge in [0.1, 0.15) is 5.15 Å². The SMILES string of the molecule is COC(=O)c1cc2nccc(Cl)n2n1. The van der Waals surface area contributed by atoms with Crippen LogP contribution in [0.15, 0.2) is 18.3 Å². The van der Waals surface area contributed by atoms with Crippen LogP contribution in [-0.2, 0) is 4.74 Å². The first-order valence-electron chi connectivity index (χ1n) is 3.81. The summed E-state index contributed by atoms with van der Waals surface area (Å²) >= 11 is 5.83. The van der Waals surface area contributed by atoms with Crippen LogP contribution >= 0.6 is 11.6 Å². The average Bonchev–Trinajstić information content (AvgIpc) is 2.62. The predicted octanol–water partition coefficient (Wildman–Crippen LogP) is 1.17. The largest absolute Gasteiger partial charge is 0.464 e. The van der Waals surface area contributed by atoms with Gasteiger partial charge in [-0.05, 0) is 6.07 Å². The summed E-state index contributed by atoms with van der Waals surface area (Å²) in [6.45, 7) is 0. The van der Waals surface area contributed by atoms with Crippen molar-refractivity contribution in [3.63, 3.8) is 0 Å². The van der Waals surface area contributed by atoms with E-state index in [0.717, 1.165) is 0 Å². The molecule has 0 aliphatic heterocycles. The van der Waals surface area contributed by atoms with Gasteiger partial charge in [-0.3, -0.25) is 0 Å². The molecule has 0 amide bonds. The highest BCUT2D eigenvalue weighted by molar-refractivity contribution is 6.29. The normalized spacial score (nSPS) is 10.4. The van der Waals surface area contributed by atoms with Crippen molar-refractivity contribution in [1.82, 2.24) is 14.6 Å². The Morgan fingerprint density at radius 3 is 3.07 bits per heavy atom. The number of carbonyl (C=O) groups excluding carboxylic acids is 1. The molecule has 2 aromatic heterocycles. The first kappa shape index (κ1) is 8.96. The fraction of sp³-hybridized carbons (Fsp3) is 0.125. The maximum atomic E-state index is 11.1. The number of fused-ring (bicyclic) bond motifs is 1. The molecule has 0 radical (unpaired) electrons. The van der Waals surface area contributed by atoms with E-state index in [9.17, 15) is 4.79 Å². The third kappa shape index (κ3) is 1.31. The lowest BCUT2D eigenvalue weighted by atomic mass is 10.4. The van der Waals surface area contributed by atoms with Crippen molar-refractivity contribution < 1.29 is 9.53 Å². The topological polar surface area (TPSA) is 56.5 Å². The number of methoxy groups -OCH3 is 1. The van der Waals surface area contributed by atoms with Gasteiger partial charge >= 0.3 is 5.97 Å². The van der Waals surface area contributed by atoms with E-state index in [1.54, 1.807) is 12.3 Å². The van der Waals surface area contributed by atoms with E-state index in [1.807, 2.05) is 0 Å². The number of aromatic nitrogens is 3. The molecule has 2 heterocycles. The van der Waals surface area contributed by atoms with Crippen molar-refractivity contribution in [3.05, 3.63) is 29.2 Å². The minimum absolute atomic E-state index is 0.188. The Morgan fingerprint density at radius 2 is 2.43 bits per heavy atom. The molecule has 0 fully saturated rings. The van der Waals surface area contributed by atoms with Crippen molar-refractivity contribution in [2.45, 2.75) is 0 Å². The monoisotopic (exact) mass is 211 g/mol. The van der Waals surface area contributed by atoms with E-state index in [2.05, 4.69) is 14.8 Å². The van der Waals surface area contributed by atoms with Crippen LogP contribution < -0.4 is 0 Å². The summed E-state index contributed by atoms with van der Waals surface area (Å²) < 4.78 is 5.89. The Balaban J connectivity index is 2.62. The van der Waals surface area contributed by atoms with E-state index in [0.29, 0.717) is 10.8 Å². The second kappa shape index (κ2) is 3.26. The Bertz CT molecular complexity index is 494. The molecule has 0 spiro atoms. The van der Waals surface area contributed by atoms with Crippen molar-refractivity contribution >= 4 is 23.2 Å². The van der Waals surface area contributed by atoms with E-state index >= 15 is 0 Å². The maximum Gasteiger partial charge on any atom is 0.358 e. The van der Waals surface area contributed by atoms with Crippen molar-refractivity contribution in [3.8, 4) is 0 Å². The third-order valence-electron chi connectivity index (χ3n) is 1.71. The molecule has 0 bridgehead atoms. The molecule has 5 nitrogen and oxygen atoms in total. The Labute approximate surface area is 84.3 Å². The molecule has 0 N–H and O–H groups in total. The summed E-state index contributed by atoms with van der Waals surface area (Å²) in [6.07, 6.45) is 1.54. The minimum Gasteiger partial charge on any atom is -0.464 e. The van der Waals surface area contributed by atoms with Gasteiger partial charge in [-0.25, -0.2) is 14.3 Å². The lowest BCUT2D eigenvalue weighted by Crippen LogP contribution is -2.02. The van der Waals surface area contributed by atoms with Crippen LogP contribution in [0.3, 0.4) is 0 Å². The smallest absolute Gasteiger partial charge is 0.358 e. The first-order chi connectivity index (χ1) is 6.72. The summed E-state index contributed by atoms with van der Waals surface area (Å²) in [5.41, 5.74) is 0.700. The summed E-state index contributed by atoms with van der Waals surface area (Å²) in [5.74, 6) is -0.508. The number of rotatable bonds is 1. The highest BCUT2D eigenvalue weighted by Gasteiger charge is 2.12. The van der Waals surface area contributed by atoms with Gasteiger partial charge < -0.3 is 4.74 Å². The number of ether oxygens (including phenoxy) is 1. The molecule has 0 aliphatic carbocycles. The Morgan fingerprint density at radius 1 is 1.64 bits per heavy atom. The molecule has 0 unspecified atom stereocenters. The number of halogens is 1. The van der Waals surface area contributed by atoms with Gasteiger partial charge in [0, 0.05) is 12.3 Å². The summed E-state index contributed by atoms with van der Waals surface area (Å²) in [6, 6.07) is 3.10. The average molecular weight is 212 g/mol. The number of nitrogens with zero attached hydrogens (tertiary/aromatic N) is 3. The second-order valence-corrected chi connectivity index (χ2v) is 2.95. The fourth-order valence-electron chi connectivity index (χ4n) is 1.07. The zero-order valence-electron chi connectivity index (χ0n) is 7.27. The Kier molecular flexibility index (Phi) is 2.09. The molecule has 2 rings (SSSR count). The molecule has 72 valence electrons. The van der Waals surface area contributed by atoms with Crippen LogP contribution in [0.2, 0.25) is 5.15 Å². The zero-order chi connectivity index (χ0) is 10.1. The van der Waals surface area contributed by atoms with Crippen LogP contribution in [0.1, 0.15) is 10.5 Å². The van der Waals surface area contributed by atoms with Gasteiger partial charge in [0.25, 0.3) is 0 Å². The van der Waals surface area contributed by atoms with Crippen LogP contribution in [0.5, 0.6) is 0 Å². The lowest BCUT2D eigenvalue weighted by Gasteiger charge is -1.93. The molecule has 0 saturated carbocycles. The summed E-state index contributed by atoms with van der Waals surface area (Å²) in [7, 11) is 1.29. The van der Waals surface area contributed by atoms with Gasteiger partial charge in [-0.2, -0.15) is 5.10 Å². The fourth-order valence-corrected chi connectivity index (χ4v) is 1.25. The van der Waals surface area contributed by atoms with Crippen LogP contribution in [0, 0.1) is 0 Å². The number of hydrogen-bond donors (Lipinski definition) is 0. The quantitative estimate of drug-likeness (QED) is 0.525. The molecule has 2 aromatic rings. The summed E-state index contributed by atoms with van der Waals surface area (Å²) in [4.78, 5) is 15.1. The molecular weight excluding hydrogens is 206 g/mol. The molecule has 0 atom stereocenters. The van der Waals surface area contributed by atoms with Gasteiger partial charge in [-0.1, -0.05) is 11.6 Å². The lowest BCUT2D eigenvalue weighted by molar-refractivity contribution is 0.0593. The Hall–Kier alpha value is -1.62. The highest BCUT2D eigenvalue weighted by atomic mass is 35.5. The van der Waals surface area contributed by atoms with Crippen molar-refractivity contribution in [2.75, 3.05) is 7.11 Å². The minimum atomic E-state index is -0.508. The first-order valence-corrected chi connectivity index (χ1v) is 4.19. The van der Waals surface area contributed by atoms with Crippen molar-refractivity contribution in [2.24, 2.45) is 0 Å². The maximum absolute atomic E-state index is 11.1. The van der Waals surface area contributed by atoms with Gasteiger partial charge in [0.05, 0.1) is 7.11 Å².